The van der Waals surface area contributed by atoms with Gasteiger partial charge < -0.3 is 5.32 Å². The molecular weight excluding hydrogens is 334 g/mol. The molecule has 0 fully saturated rings. The highest BCUT2D eigenvalue weighted by molar-refractivity contribution is 8.00. The van der Waals surface area contributed by atoms with Crippen molar-refractivity contribution >= 4 is 46.5 Å². The fourth-order valence-corrected chi connectivity index (χ4v) is 3.55. The van der Waals surface area contributed by atoms with Crippen LogP contribution in [-0.4, -0.2) is 23.0 Å². The molecule has 118 valence electrons. The first kappa shape index (κ1) is 15.6. The van der Waals surface area contributed by atoms with Gasteiger partial charge in [-0.1, -0.05) is 6.07 Å². The molecular formula is C15H13N3O3S2. The van der Waals surface area contributed by atoms with E-state index in [4.69, 9.17) is 0 Å². The molecule has 0 unspecified atom stereocenters. The van der Waals surface area contributed by atoms with Crippen molar-refractivity contribution in [3.63, 3.8) is 0 Å². The Morgan fingerprint density at radius 1 is 1.17 bits per heavy atom. The van der Waals surface area contributed by atoms with Gasteiger partial charge >= 0.3 is 0 Å². The normalized spacial score (nSPS) is 16.2. The van der Waals surface area contributed by atoms with Crippen molar-refractivity contribution < 1.29 is 14.4 Å². The van der Waals surface area contributed by atoms with Gasteiger partial charge in [0.25, 0.3) is 11.8 Å². The Morgan fingerprint density at radius 2 is 1.96 bits per heavy atom. The molecule has 2 aromatic rings. The monoisotopic (exact) mass is 347 g/mol. The molecule has 1 aromatic carbocycles. The lowest BCUT2D eigenvalue weighted by Crippen LogP contribution is -2.41. The minimum Gasteiger partial charge on any atom is -0.324 e. The molecule has 3 amide bonds. The maximum atomic E-state index is 12.1. The summed E-state index contributed by atoms with van der Waals surface area (Å²) < 4.78 is 0. The Morgan fingerprint density at radius 3 is 2.70 bits per heavy atom. The summed E-state index contributed by atoms with van der Waals surface area (Å²) in [4.78, 5) is 37.0. The van der Waals surface area contributed by atoms with Crippen molar-refractivity contribution in [2.24, 2.45) is 0 Å². The van der Waals surface area contributed by atoms with Crippen LogP contribution in [0, 0.1) is 0 Å². The third-order valence-corrected chi connectivity index (χ3v) is 5.25. The van der Waals surface area contributed by atoms with Crippen LogP contribution in [0.5, 0.6) is 0 Å². The maximum Gasteiger partial charge on any atom is 0.279 e. The van der Waals surface area contributed by atoms with Gasteiger partial charge in [-0.05, 0) is 36.6 Å². The molecule has 0 aliphatic carbocycles. The number of amides is 3. The number of rotatable bonds is 2. The molecule has 2 heterocycles. The number of carbonyl (C=O) groups excluding carboxylic acids is 3. The largest absolute Gasteiger partial charge is 0.324 e. The SMILES string of the molecule is C[C@@H]1Sc2ccc(C(=O)NNC(=O)c3cccs3)cc2NC1=O. The number of carbonyl (C=O) groups is 3. The molecule has 0 saturated carbocycles. The first-order valence-corrected chi connectivity index (χ1v) is 8.56. The van der Waals surface area contributed by atoms with Gasteiger partial charge in [0.15, 0.2) is 0 Å². The minimum absolute atomic E-state index is 0.0916. The number of thioether (sulfide) groups is 1. The second kappa shape index (κ2) is 6.43. The van der Waals surface area contributed by atoms with E-state index in [2.05, 4.69) is 16.2 Å². The van der Waals surface area contributed by atoms with Crippen LogP contribution < -0.4 is 16.2 Å². The van der Waals surface area contributed by atoms with Gasteiger partial charge in [-0.2, -0.15) is 0 Å². The molecule has 3 N–H and O–H groups in total. The van der Waals surface area contributed by atoms with E-state index in [-0.39, 0.29) is 17.1 Å². The van der Waals surface area contributed by atoms with E-state index in [1.807, 2.05) is 6.92 Å². The Balaban J connectivity index is 1.67. The second-order valence-electron chi connectivity index (χ2n) is 4.85. The summed E-state index contributed by atoms with van der Waals surface area (Å²) >= 11 is 2.73. The van der Waals surface area contributed by atoms with Gasteiger partial charge in [0, 0.05) is 10.5 Å². The van der Waals surface area contributed by atoms with Crippen LogP contribution in [0.25, 0.3) is 0 Å². The minimum atomic E-state index is -0.449. The Hall–Kier alpha value is -2.32. The van der Waals surface area contributed by atoms with E-state index in [1.54, 1.807) is 35.7 Å². The fraction of sp³-hybridized carbons (Fsp3) is 0.133. The summed E-state index contributed by atoms with van der Waals surface area (Å²) in [5.41, 5.74) is 5.68. The van der Waals surface area contributed by atoms with Gasteiger partial charge in [0.1, 0.15) is 0 Å². The van der Waals surface area contributed by atoms with Crippen molar-refractivity contribution in [1.29, 1.82) is 0 Å². The standard InChI is InChI=1S/C15H13N3O3S2/c1-8-13(19)16-10-7-9(4-5-11(10)23-8)14(20)17-18-15(21)12-3-2-6-22-12/h2-8H,1H3,(H,16,19)(H,17,20)(H,18,21)/t8-/m0/s1. The molecule has 1 aromatic heterocycles. The smallest absolute Gasteiger partial charge is 0.279 e. The van der Waals surface area contributed by atoms with E-state index in [1.165, 1.54) is 23.1 Å². The van der Waals surface area contributed by atoms with E-state index < -0.39 is 5.91 Å². The van der Waals surface area contributed by atoms with Crippen molar-refractivity contribution in [3.05, 3.63) is 46.2 Å². The Kier molecular flexibility index (Phi) is 4.35. The molecule has 6 nitrogen and oxygen atoms in total. The molecule has 3 rings (SSSR count). The fourth-order valence-electron chi connectivity index (χ4n) is 2.01. The zero-order valence-corrected chi connectivity index (χ0v) is 13.7. The third-order valence-electron chi connectivity index (χ3n) is 3.21. The summed E-state index contributed by atoms with van der Waals surface area (Å²) in [5, 5.41) is 4.39. The van der Waals surface area contributed by atoms with Crippen LogP contribution in [0.2, 0.25) is 0 Å². The van der Waals surface area contributed by atoms with Crippen molar-refractivity contribution in [2.75, 3.05) is 5.32 Å². The molecule has 1 atom stereocenters. The highest BCUT2D eigenvalue weighted by atomic mass is 32.2. The predicted molar refractivity (Wildman–Crippen MR) is 89.6 cm³/mol. The number of hydrogen-bond donors (Lipinski definition) is 3. The van der Waals surface area contributed by atoms with Gasteiger partial charge in [-0.15, -0.1) is 23.1 Å². The predicted octanol–water partition coefficient (Wildman–Crippen LogP) is 2.26. The maximum absolute atomic E-state index is 12.1. The molecule has 0 bridgehead atoms. The van der Waals surface area contributed by atoms with E-state index >= 15 is 0 Å². The molecule has 23 heavy (non-hydrogen) atoms. The number of hydrogen-bond acceptors (Lipinski definition) is 5. The molecule has 1 aliphatic rings. The topological polar surface area (TPSA) is 87.3 Å². The number of fused-ring (bicyclic) bond motifs is 1. The number of anilines is 1. The van der Waals surface area contributed by atoms with Gasteiger partial charge in [-0.25, -0.2) is 0 Å². The zero-order chi connectivity index (χ0) is 16.4. The summed E-state index contributed by atoms with van der Waals surface area (Å²) in [6.45, 7) is 1.82. The molecule has 0 radical (unpaired) electrons. The van der Waals surface area contributed by atoms with Crippen molar-refractivity contribution in [2.45, 2.75) is 17.1 Å². The average molecular weight is 347 g/mol. The number of benzene rings is 1. The van der Waals surface area contributed by atoms with E-state index in [0.717, 1.165) is 4.90 Å². The average Bonchev–Trinajstić information content (AvgIpc) is 3.07. The van der Waals surface area contributed by atoms with Crippen molar-refractivity contribution in [3.8, 4) is 0 Å². The number of thiophene rings is 1. The van der Waals surface area contributed by atoms with E-state index in [9.17, 15) is 14.4 Å². The van der Waals surface area contributed by atoms with E-state index in [0.29, 0.717) is 16.1 Å². The quantitative estimate of drug-likeness (QED) is 0.727. The first-order chi connectivity index (χ1) is 11.0. The van der Waals surface area contributed by atoms with Crippen LogP contribution >= 0.6 is 23.1 Å². The van der Waals surface area contributed by atoms with Gasteiger partial charge in [0.05, 0.1) is 15.8 Å². The lowest BCUT2D eigenvalue weighted by molar-refractivity contribution is -0.115. The summed E-state index contributed by atoms with van der Waals surface area (Å²) in [6, 6.07) is 8.46. The third kappa shape index (κ3) is 3.38. The molecule has 0 spiro atoms. The van der Waals surface area contributed by atoms with Crippen LogP contribution in [0.4, 0.5) is 5.69 Å². The lowest BCUT2D eigenvalue weighted by atomic mass is 10.2. The van der Waals surface area contributed by atoms with Gasteiger partial charge in [0.2, 0.25) is 5.91 Å². The zero-order valence-electron chi connectivity index (χ0n) is 12.1. The van der Waals surface area contributed by atoms with Gasteiger partial charge in [-0.3, -0.25) is 25.2 Å². The van der Waals surface area contributed by atoms with Crippen LogP contribution in [0.15, 0.2) is 40.6 Å². The number of nitrogens with one attached hydrogen (secondary N) is 3. The highest BCUT2D eigenvalue weighted by Gasteiger charge is 2.23. The lowest BCUT2D eigenvalue weighted by Gasteiger charge is -2.21. The van der Waals surface area contributed by atoms with Crippen LogP contribution in [0.3, 0.4) is 0 Å². The van der Waals surface area contributed by atoms with Crippen molar-refractivity contribution in [1.82, 2.24) is 10.9 Å². The second-order valence-corrected chi connectivity index (χ2v) is 7.18. The summed E-state index contributed by atoms with van der Waals surface area (Å²) in [6.07, 6.45) is 0. The Bertz CT molecular complexity index is 774. The molecule has 0 saturated heterocycles. The molecule has 8 heteroatoms. The first-order valence-electron chi connectivity index (χ1n) is 6.80. The molecule has 1 aliphatic heterocycles. The van der Waals surface area contributed by atoms with Crippen LogP contribution in [0.1, 0.15) is 27.0 Å². The summed E-state index contributed by atoms with van der Waals surface area (Å²) in [7, 11) is 0. The summed E-state index contributed by atoms with van der Waals surface area (Å²) in [5.74, 6) is -0.911. The Labute approximate surface area is 140 Å². The van der Waals surface area contributed by atoms with Crippen LogP contribution in [-0.2, 0) is 4.79 Å². The highest BCUT2D eigenvalue weighted by Crippen LogP contribution is 2.35. The number of hydrazine groups is 1.